The summed E-state index contributed by atoms with van der Waals surface area (Å²) in [7, 11) is 0. The Morgan fingerprint density at radius 1 is 0.525 bits per heavy atom. The van der Waals surface area contributed by atoms with Crippen LogP contribution in [0.2, 0.25) is 0 Å². The van der Waals surface area contributed by atoms with Gasteiger partial charge in [0.1, 0.15) is 0 Å². The van der Waals surface area contributed by atoms with Gasteiger partial charge < -0.3 is 0 Å². The Kier molecular flexibility index (Phi) is 59.2. The highest BCUT2D eigenvalue weighted by Gasteiger charge is 2.29. The van der Waals surface area contributed by atoms with Crippen molar-refractivity contribution in [2.75, 3.05) is 0 Å². The second-order valence-electron chi connectivity index (χ2n) is 17.4. The van der Waals surface area contributed by atoms with E-state index in [4.69, 9.17) is 11.0 Å². The van der Waals surface area contributed by atoms with Crippen LogP contribution in [0.4, 0.5) is 26.3 Å². The van der Waals surface area contributed by atoms with Crippen molar-refractivity contribution >= 4 is 0 Å². The molecule has 0 heterocycles. The summed E-state index contributed by atoms with van der Waals surface area (Å²) in [6.45, 7) is 46.0. The van der Waals surface area contributed by atoms with Gasteiger partial charge in [0.2, 0.25) is 0 Å². The molecule has 0 amide bonds. The predicted octanol–water partition coefficient (Wildman–Crippen LogP) is 23.0. The lowest BCUT2D eigenvalue weighted by Gasteiger charge is -2.15. The Morgan fingerprint density at radius 2 is 0.729 bits per heavy atom. The molecule has 2 fully saturated rings. The van der Waals surface area contributed by atoms with Gasteiger partial charge in [0.15, 0.2) is 0 Å². The topological polar surface area (TPSA) is 0 Å². The average Bonchev–Trinajstić information content (AvgIpc) is 3.54. The third kappa shape index (κ3) is 141. The molecule has 372 valence electrons. The SMILES string of the molecule is CC.CC(C)C.CCC.CCCC.CC[C@H](C)CC(F)(F)F.CC[C@H](C)CC(F)(F)F.[2H]C([2H])(C)C(C)(C)C.[2H]C([2H])(C)C(C)C.[2H]C([2H])(C)CC.[2H]C1(C)CCCC1.[2H]C1(C)CCCCC1. The summed E-state index contributed by atoms with van der Waals surface area (Å²) in [5.41, 5.74) is -0.229. The molecule has 2 saturated carbocycles. The molecular formula is C53H118F6. The smallest absolute Gasteiger partial charge is 0.171 e. The standard InChI is InChI=1S/C7H14.2C6H11F3.C6H12.C6H14.C5H12.3C4H10.C3H8.C2H6/c1-7-5-3-2-4-6-7;2*1-3-5(2)4-6(7,8)9;1-6-4-2-3-5-6;1-5-6(2,3)4;1-4-5(2)3;1-4(2)3;2*1-3-4-2;1-3-2;1-2/h7H,2-6H2,1H3;2*5H,3-4H2,1-2H3;6H,2-5H2,1H3;5H2,1-4H3;5H,4H2,1-3H3;4H,1-3H3;2*3-4H2,1-2H3;3H2,1-2H3;1-2H3/t;2*5-;;;;;;;;/m.00......../s1/i7D;;;6D;5D2;4D2;;3D2;;;. The minimum atomic E-state index is -3.98. The van der Waals surface area contributed by atoms with Gasteiger partial charge in [-0.3, -0.25) is 0 Å². The predicted molar refractivity (Wildman–Crippen MR) is 264 cm³/mol. The molecule has 0 N–H and O–H groups in total. The first-order valence-corrected chi connectivity index (χ1v) is 23.8. The molecule has 0 aromatic carbocycles. The molecule has 2 rings (SSSR count). The summed E-state index contributed by atoms with van der Waals surface area (Å²) in [6, 6.07) is 0. The second kappa shape index (κ2) is 59.7. The fourth-order valence-electron chi connectivity index (χ4n) is 3.21. The highest BCUT2D eigenvalue weighted by molar-refractivity contribution is 4.61. The zero-order chi connectivity index (χ0) is 56.3. The van der Waals surface area contributed by atoms with E-state index in [9.17, 15) is 26.3 Å². The molecule has 59 heavy (non-hydrogen) atoms. The number of hydrogen-bond acceptors (Lipinski definition) is 0. The van der Waals surface area contributed by atoms with Crippen molar-refractivity contribution in [3.05, 3.63) is 0 Å². The molecule has 0 spiro atoms. The molecule has 6 heteroatoms. The maximum absolute atomic E-state index is 11.5. The molecule has 0 aliphatic heterocycles. The summed E-state index contributed by atoms with van der Waals surface area (Å²) in [5, 5.41) is 0. The van der Waals surface area contributed by atoms with Gasteiger partial charge >= 0.3 is 12.4 Å². The summed E-state index contributed by atoms with van der Waals surface area (Å²) in [4.78, 5) is 0. The lowest BCUT2D eigenvalue weighted by Crippen LogP contribution is -2.12. The number of hydrogen-bond donors (Lipinski definition) is 0. The van der Waals surface area contributed by atoms with Crippen LogP contribution in [0.3, 0.4) is 0 Å². The highest BCUT2D eigenvalue weighted by Crippen LogP contribution is 2.27. The first kappa shape index (κ1) is 58.6. The minimum absolute atomic E-state index is 0.0556. The fourth-order valence-corrected chi connectivity index (χ4v) is 3.21. The van der Waals surface area contributed by atoms with Crippen molar-refractivity contribution in [1.82, 2.24) is 0 Å². The van der Waals surface area contributed by atoms with Crippen LogP contribution < -0.4 is 0 Å². The Hall–Kier alpha value is -0.420. The van der Waals surface area contributed by atoms with E-state index in [0.29, 0.717) is 19.3 Å². The summed E-state index contributed by atoms with van der Waals surface area (Å²) >= 11 is 0. The lowest BCUT2D eigenvalue weighted by molar-refractivity contribution is -0.144. The van der Waals surface area contributed by atoms with Crippen LogP contribution in [0.5, 0.6) is 0 Å². The molecule has 0 unspecified atom stereocenters. The van der Waals surface area contributed by atoms with Crippen molar-refractivity contribution in [3.8, 4) is 0 Å². The molecule has 0 aromatic heterocycles. The summed E-state index contributed by atoms with van der Waals surface area (Å²) in [6.07, 6.45) is 4.35. The molecule has 2 atom stereocenters. The number of rotatable bonds is 7. The second-order valence-corrected chi connectivity index (χ2v) is 17.4. The molecule has 2 aliphatic rings. The fraction of sp³-hybridized carbons (Fsp3) is 1.00. The van der Waals surface area contributed by atoms with Gasteiger partial charge in [0, 0.05) is 23.8 Å². The zero-order valence-electron chi connectivity index (χ0n) is 52.6. The van der Waals surface area contributed by atoms with Gasteiger partial charge in [0.25, 0.3) is 0 Å². The van der Waals surface area contributed by atoms with E-state index >= 15 is 0 Å². The summed E-state index contributed by atoms with van der Waals surface area (Å²) in [5.74, 6) is 0.376. The van der Waals surface area contributed by atoms with Crippen LogP contribution in [0.25, 0.3) is 0 Å². The van der Waals surface area contributed by atoms with E-state index in [-0.39, 0.29) is 35.0 Å². The Bertz CT molecular complexity index is 901. The number of alkyl halides is 6. The van der Waals surface area contributed by atoms with Crippen molar-refractivity contribution in [2.24, 2.45) is 40.9 Å². The molecule has 0 radical (unpaired) electrons. The first-order chi connectivity index (χ1) is 29.6. The molecule has 0 saturated heterocycles. The highest BCUT2D eigenvalue weighted by atomic mass is 19.4. The largest absolute Gasteiger partial charge is 0.389 e. The van der Waals surface area contributed by atoms with Gasteiger partial charge in [0.05, 0.1) is 0 Å². The maximum Gasteiger partial charge on any atom is 0.389 e. The zero-order valence-corrected chi connectivity index (χ0v) is 44.6. The maximum atomic E-state index is 11.5. The van der Waals surface area contributed by atoms with Crippen LogP contribution in [-0.4, -0.2) is 12.4 Å². The number of halogens is 6. The molecule has 0 nitrogen and oxygen atoms in total. The van der Waals surface area contributed by atoms with Crippen molar-refractivity contribution in [2.45, 2.75) is 307 Å². The van der Waals surface area contributed by atoms with E-state index in [0.717, 1.165) is 31.6 Å². The monoisotopic (exact) mass is 877 g/mol. The molecule has 0 aromatic rings. The van der Waals surface area contributed by atoms with Gasteiger partial charge in [-0.15, -0.1) is 0 Å². The first-order valence-electron chi connectivity index (χ1n) is 27.8. The molecule has 2 aliphatic carbocycles. The minimum Gasteiger partial charge on any atom is -0.171 e. The van der Waals surface area contributed by atoms with Crippen molar-refractivity contribution in [1.29, 1.82) is 0 Å². The van der Waals surface area contributed by atoms with E-state index < -0.39 is 44.3 Å². The van der Waals surface area contributed by atoms with Crippen LogP contribution in [0.1, 0.15) is 305 Å². The van der Waals surface area contributed by atoms with E-state index in [1.165, 1.54) is 51.4 Å². The van der Waals surface area contributed by atoms with Gasteiger partial charge in [-0.1, -0.05) is 282 Å². The normalized spacial score (nSPS) is 18.2. The van der Waals surface area contributed by atoms with Gasteiger partial charge in [-0.05, 0) is 40.9 Å². The molecule has 0 bridgehead atoms. The van der Waals surface area contributed by atoms with Crippen molar-refractivity contribution < 1.29 is 37.3 Å². The van der Waals surface area contributed by atoms with Crippen LogP contribution in [0, 0.1) is 40.9 Å². The van der Waals surface area contributed by atoms with E-state index in [1.54, 1.807) is 48.5 Å². The van der Waals surface area contributed by atoms with E-state index in [2.05, 4.69) is 48.5 Å². The Balaban J connectivity index is -0.0000000804. The average molecular weight is 878 g/mol. The van der Waals surface area contributed by atoms with Crippen LogP contribution in [0.15, 0.2) is 0 Å². The summed E-state index contributed by atoms with van der Waals surface area (Å²) < 4.78 is 126. The lowest BCUT2D eigenvalue weighted by atomic mass is 9.91. The van der Waals surface area contributed by atoms with Crippen molar-refractivity contribution in [3.63, 3.8) is 0 Å². The third-order valence-electron chi connectivity index (χ3n) is 7.90. The van der Waals surface area contributed by atoms with Gasteiger partial charge in [-0.2, -0.15) is 26.3 Å². The molecular weight excluding hydrogens is 751 g/mol. The van der Waals surface area contributed by atoms with Gasteiger partial charge in [-0.25, -0.2) is 0 Å². The Morgan fingerprint density at radius 3 is 0.797 bits per heavy atom. The van der Waals surface area contributed by atoms with E-state index in [1.807, 2.05) is 69.2 Å². The van der Waals surface area contributed by atoms with Crippen LogP contribution >= 0.6 is 0 Å². The Labute approximate surface area is 384 Å². The number of unbranched alkanes of at least 4 members (excludes halogenated alkanes) is 1. The van der Waals surface area contributed by atoms with Crippen LogP contribution in [-0.2, 0) is 0 Å². The quantitative estimate of drug-likeness (QED) is 0.224. The third-order valence-corrected chi connectivity index (χ3v) is 7.90.